The first-order valence-electron chi connectivity index (χ1n) is 7.25. The van der Waals surface area contributed by atoms with Gasteiger partial charge in [0.1, 0.15) is 0 Å². The largest absolute Gasteiger partial charge is 0.387 e. The van der Waals surface area contributed by atoms with Gasteiger partial charge >= 0.3 is 0 Å². The number of hydrogen-bond acceptors (Lipinski definition) is 4. The van der Waals surface area contributed by atoms with Crippen molar-refractivity contribution >= 4 is 5.69 Å². The minimum atomic E-state index is -0.447. The van der Waals surface area contributed by atoms with Crippen LogP contribution in [-0.4, -0.2) is 35.9 Å². The maximum Gasteiger partial charge on any atom is 0.0957 e. The average Bonchev–Trinajstić information content (AvgIpc) is 2.48. The van der Waals surface area contributed by atoms with Gasteiger partial charge in [0.25, 0.3) is 0 Å². The predicted molar refractivity (Wildman–Crippen MR) is 76.3 cm³/mol. The molecule has 0 bridgehead atoms. The quantitative estimate of drug-likeness (QED) is 0.887. The van der Waals surface area contributed by atoms with E-state index in [1.165, 1.54) is 0 Å². The van der Waals surface area contributed by atoms with Crippen molar-refractivity contribution in [2.24, 2.45) is 0 Å². The molecule has 1 unspecified atom stereocenters. The van der Waals surface area contributed by atoms with Gasteiger partial charge in [0, 0.05) is 19.7 Å². The molecule has 1 aliphatic heterocycles. The van der Waals surface area contributed by atoms with Crippen LogP contribution in [0.3, 0.4) is 0 Å². The number of ether oxygens (including phenoxy) is 1. The number of aliphatic hydroxyl groups is 1. The monoisotopic (exact) mass is 264 g/mol. The molecule has 1 aromatic rings. The van der Waals surface area contributed by atoms with Crippen molar-refractivity contribution in [1.29, 1.82) is 0 Å². The number of piperidine rings is 1. The van der Waals surface area contributed by atoms with E-state index in [0.717, 1.165) is 43.9 Å². The maximum absolute atomic E-state index is 9.73. The molecule has 0 saturated carbocycles. The van der Waals surface area contributed by atoms with Gasteiger partial charge in [0.05, 0.1) is 29.8 Å². The molecule has 1 N–H and O–H groups in total. The molecule has 1 aliphatic rings. The van der Waals surface area contributed by atoms with Crippen molar-refractivity contribution in [2.45, 2.75) is 45.3 Å². The minimum Gasteiger partial charge on any atom is -0.387 e. The fraction of sp³-hybridized carbons (Fsp3) is 0.667. The van der Waals surface area contributed by atoms with E-state index in [1.54, 1.807) is 0 Å². The molecule has 19 heavy (non-hydrogen) atoms. The van der Waals surface area contributed by atoms with Crippen LogP contribution in [0.4, 0.5) is 5.69 Å². The highest BCUT2D eigenvalue weighted by Gasteiger charge is 2.19. The topological polar surface area (TPSA) is 45.6 Å². The van der Waals surface area contributed by atoms with Crippen LogP contribution in [0.5, 0.6) is 0 Å². The van der Waals surface area contributed by atoms with Gasteiger partial charge in [-0.3, -0.25) is 4.98 Å². The highest BCUT2D eigenvalue weighted by atomic mass is 16.5. The highest BCUT2D eigenvalue weighted by Crippen LogP contribution is 2.22. The molecule has 1 aromatic heterocycles. The van der Waals surface area contributed by atoms with Crippen molar-refractivity contribution in [1.82, 2.24) is 4.98 Å². The molecule has 1 fully saturated rings. The molecule has 0 aliphatic carbocycles. The second-order valence-electron chi connectivity index (χ2n) is 5.01. The number of hydrogen-bond donors (Lipinski definition) is 1. The lowest BCUT2D eigenvalue weighted by Crippen LogP contribution is -2.37. The van der Waals surface area contributed by atoms with Gasteiger partial charge in [-0.15, -0.1) is 0 Å². The molecule has 0 spiro atoms. The normalized spacial score (nSPS) is 18.6. The summed E-state index contributed by atoms with van der Waals surface area (Å²) < 4.78 is 5.66. The third-order valence-corrected chi connectivity index (χ3v) is 3.71. The van der Waals surface area contributed by atoms with Gasteiger partial charge in [-0.2, -0.15) is 0 Å². The fourth-order valence-electron chi connectivity index (χ4n) is 2.51. The van der Waals surface area contributed by atoms with E-state index < -0.39 is 6.10 Å². The Morgan fingerprint density at radius 2 is 2.11 bits per heavy atom. The van der Waals surface area contributed by atoms with Crippen LogP contribution in [-0.2, 0) is 4.74 Å². The van der Waals surface area contributed by atoms with Crippen molar-refractivity contribution in [3.05, 3.63) is 24.0 Å². The highest BCUT2D eigenvalue weighted by molar-refractivity contribution is 5.45. The van der Waals surface area contributed by atoms with Crippen LogP contribution in [0.1, 0.15) is 44.9 Å². The van der Waals surface area contributed by atoms with Gasteiger partial charge in [-0.25, -0.2) is 0 Å². The summed E-state index contributed by atoms with van der Waals surface area (Å²) >= 11 is 0. The lowest BCUT2D eigenvalue weighted by Gasteiger charge is -2.33. The minimum absolute atomic E-state index is 0.412. The lowest BCUT2D eigenvalue weighted by molar-refractivity contribution is 0.0459. The SMILES string of the molecule is CCOC1CCN(c2ccc(C(O)CC)nc2)CC1. The Balaban J connectivity index is 1.92. The van der Waals surface area contributed by atoms with E-state index in [2.05, 4.69) is 16.0 Å². The van der Waals surface area contributed by atoms with Crippen molar-refractivity contribution in [2.75, 3.05) is 24.6 Å². The van der Waals surface area contributed by atoms with E-state index in [4.69, 9.17) is 4.74 Å². The Labute approximate surface area is 115 Å². The summed E-state index contributed by atoms with van der Waals surface area (Å²) in [6, 6.07) is 3.99. The van der Waals surface area contributed by atoms with Gasteiger partial charge in [-0.05, 0) is 38.3 Å². The van der Waals surface area contributed by atoms with Gasteiger partial charge in [-0.1, -0.05) is 6.92 Å². The van der Waals surface area contributed by atoms with Crippen LogP contribution >= 0.6 is 0 Å². The van der Waals surface area contributed by atoms with Crippen LogP contribution in [0.25, 0.3) is 0 Å². The number of pyridine rings is 1. The van der Waals surface area contributed by atoms with E-state index in [1.807, 2.05) is 26.1 Å². The molecule has 1 atom stereocenters. The zero-order valence-electron chi connectivity index (χ0n) is 11.9. The van der Waals surface area contributed by atoms with E-state index in [9.17, 15) is 5.11 Å². The van der Waals surface area contributed by atoms with Crippen molar-refractivity contribution < 1.29 is 9.84 Å². The molecule has 4 heteroatoms. The first-order valence-corrected chi connectivity index (χ1v) is 7.25. The second kappa shape index (κ2) is 6.87. The molecule has 0 radical (unpaired) electrons. The molecule has 4 nitrogen and oxygen atoms in total. The summed E-state index contributed by atoms with van der Waals surface area (Å²) in [6.07, 6.45) is 4.69. The van der Waals surface area contributed by atoms with Crippen molar-refractivity contribution in [3.8, 4) is 0 Å². The Morgan fingerprint density at radius 3 is 2.63 bits per heavy atom. The Kier molecular flexibility index (Phi) is 5.16. The summed E-state index contributed by atoms with van der Waals surface area (Å²) in [6.45, 7) is 6.84. The number of aliphatic hydroxyl groups excluding tert-OH is 1. The molecular weight excluding hydrogens is 240 g/mol. The summed E-state index contributed by atoms with van der Waals surface area (Å²) in [5.74, 6) is 0. The van der Waals surface area contributed by atoms with Gasteiger partial charge in [0.2, 0.25) is 0 Å². The number of aromatic nitrogens is 1. The first kappa shape index (κ1) is 14.3. The summed E-state index contributed by atoms with van der Waals surface area (Å²) in [5, 5.41) is 9.73. The van der Waals surface area contributed by atoms with Gasteiger partial charge in [0.15, 0.2) is 0 Å². The molecule has 2 rings (SSSR count). The zero-order chi connectivity index (χ0) is 13.7. The third-order valence-electron chi connectivity index (χ3n) is 3.71. The number of rotatable bonds is 5. The maximum atomic E-state index is 9.73. The lowest BCUT2D eigenvalue weighted by atomic mass is 10.1. The average molecular weight is 264 g/mol. The van der Waals surface area contributed by atoms with Crippen LogP contribution in [0, 0.1) is 0 Å². The summed E-state index contributed by atoms with van der Waals surface area (Å²) in [5.41, 5.74) is 1.90. The third kappa shape index (κ3) is 3.67. The second-order valence-corrected chi connectivity index (χ2v) is 5.01. The van der Waals surface area contributed by atoms with Crippen molar-refractivity contribution in [3.63, 3.8) is 0 Å². The fourth-order valence-corrected chi connectivity index (χ4v) is 2.51. The standard InChI is InChI=1S/C15H24N2O2/c1-3-15(18)14-6-5-12(11-16-14)17-9-7-13(8-10-17)19-4-2/h5-6,11,13,15,18H,3-4,7-10H2,1-2H3. The molecular formula is C15H24N2O2. The Hall–Kier alpha value is -1.13. The number of nitrogens with zero attached hydrogens (tertiary/aromatic N) is 2. The van der Waals surface area contributed by atoms with Gasteiger partial charge < -0.3 is 14.7 Å². The number of anilines is 1. The molecule has 106 valence electrons. The van der Waals surface area contributed by atoms with Crippen LogP contribution in [0.15, 0.2) is 18.3 Å². The van der Waals surface area contributed by atoms with E-state index >= 15 is 0 Å². The van der Waals surface area contributed by atoms with E-state index in [-0.39, 0.29) is 0 Å². The molecule has 2 heterocycles. The smallest absolute Gasteiger partial charge is 0.0957 e. The zero-order valence-corrected chi connectivity index (χ0v) is 11.9. The van der Waals surface area contributed by atoms with Crippen LogP contribution in [0.2, 0.25) is 0 Å². The summed E-state index contributed by atoms with van der Waals surface area (Å²) in [7, 11) is 0. The first-order chi connectivity index (χ1) is 9.24. The van der Waals surface area contributed by atoms with E-state index in [0.29, 0.717) is 12.5 Å². The Morgan fingerprint density at radius 1 is 1.37 bits per heavy atom. The molecule has 0 amide bonds. The van der Waals surface area contributed by atoms with Crippen LogP contribution < -0.4 is 4.90 Å². The Bertz CT molecular complexity index is 372. The predicted octanol–water partition coefficient (Wildman–Crippen LogP) is 2.53. The summed E-state index contributed by atoms with van der Waals surface area (Å²) in [4.78, 5) is 6.70. The molecule has 0 aromatic carbocycles. The molecule has 1 saturated heterocycles.